The Hall–Kier alpha value is -6.52. The molecule has 0 aliphatic rings. The number of ketones is 1. The van der Waals surface area contributed by atoms with Gasteiger partial charge in [0.25, 0.3) is 5.78 Å². The van der Waals surface area contributed by atoms with Gasteiger partial charge in [-0.1, -0.05) is 24.3 Å². The third-order valence-corrected chi connectivity index (χ3v) is 8.16. The molecule has 0 saturated carbocycles. The highest BCUT2D eigenvalue weighted by Gasteiger charge is 2.37. The van der Waals surface area contributed by atoms with E-state index in [1.54, 1.807) is 32.9 Å². The van der Waals surface area contributed by atoms with E-state index in [4.69, 9.17) is 18.9 Å². The monoisotopic (exact) mass is 781 g/mol. The highest BCUT2D eigenvalue weighted by atomic mass is 16.6. The Balaban J connectivity index is 1.70. The molecule has 7 N–H and O–H groups in total. The van der Waals surface area contributed by atoms with Gasteiger partial charge in [-0.3, -0.25) is 14.4 Å². The van der Waals surface area contributed by atoms with Crippen molar-refractivity contribution in [2.24, 2.45) is 5.92 Å². The van der Waals surface area contributed by atoms with Crippen LogP contribution in [0.25, 0.3) is 0 Å². The summed E-state index contributed by atoms with van der Waals surface area (Å²) in [5.41, 5.74) is 0.155. The highest BCUT2D eigenvalue weighted by Crippen LogP contribution is 2.30. The molecular formula is C39H47N3O14. The predicted molar refractivity (Wildman–Crippen MR) is 200 cm³/mol. The average molecular weight is 782 g/mol. The molecule has 56 heavy (non-hydrogen) atoms. The zero-order valence-corrected chi connectivity index (χ0v) is 31.6. The molecule has 0 saturated heterocycles. The number of phenols is 2. The number of carbonyl (C=O) groups is 6. The van der Waals surface area contributed by atoms with Crippen molar-refractivity contribution in [1.29, 1.82) is 0 Å². The number of carbonyl (C=O) groups excluding carboxylic acids is 4. The fourth-order valence-electron chi connectivity index (χ4n) is 5.44. The van der Waals surface area contributed by atoms with E-state index in [1.165, 1.54) is 62.8 Å². The molecule has 3 atom stereocenters. The van der Waals surface area contributed by atoms with Crippen LogP contribution in [0.4, 0.5) is 10.5 Å². The molecule has 3 rings (SSSR count). The van der Waals surface area contributed by atoms with Crippen LogP contribution in [-0.4, -0.2) is 101 Å². The first kappa shape index (κ1) is 43.9. The van der Waals surface area contributed by atoms with Crippen molar-refractivity contribution < 1.29 is 68.1 Å². The first-order chi connectivity index (χ1) is 26.4. The number of hydrogen-bond donors (Lipinski definition) is 7. The van der Waals surface area contributed by atoms with Gasteiger partial charge < -0.3 is 55.3 Å². The fourth-order valence-corrected chi connectivity index (χ4v) is 5.44. The lowest BCUT2D eigenvalue weighted by Crippen LogP contribution is -2.49. The van der Waals surface area contributed by atoms with Gasteiger partial charge in [-0.25, -0.2) is 14.4 Å². The maximum Gasteiger partial charge on any atom is 0.408 e. The van der Waals surface area contributed by atoms with Gasteiger partial charge in [0.15, 0.2) is 11.5 Å². The summed E-state index contributed by atoms with van der Waals surface area (Å²) < 4.78 is 20.8. The molecule has 0 fully saturated rings. The van der Waals surface area contributed by atoms with Crippen LogP contribution >= 0.6 is 0 Å². The van der Waals surface area contributed by atoms with Crippen molar-refractivity contribution >= 4 is 41.4 Å². The first-order valence-electron chi connectivity index (χ1n) is 17.5. The zero-order valence-electron chi connectivity index (χ0n) is 31.6. The summed E-state index contributed by atoms with van der Waals surface area (Å²) in [6.07, 6.45) is -0.231. The van der Waals surface area contributed by atoms with E-state index in [0.717, 1.165) is 0 Å². The maximum absolute atomic E-state index is 13.3. The van der Waals surface area contributed by atoms with Crippen LogP contribution in [-0.2, 0) is 41.5 Å². The van der Waals surface area contributed by atoms with Crippen molar-refractivity contribution in [3.8, 4) is 23.0 Å². The molecule has 0 aliphatic carbocycles. The number of aromatic hydroxyl groups is 2. The van der Waals surface area contributed by atoms with Crippen LogP contribution in [0.3, 0.4) is 0 Å². The van der Waals surface area contributed by atoms with Gasteiger partial charge >= 0.3 is 24.0 Å². The van der Waals surface area contributed by atoms with Gasteiger partial charge in [0.05, 0.1) is 26.7 Å². The number of carboxylic acid groups (broad SMARTS) is 2. The van der Waals surface area contributed by atoms with Crippen molar-refractivity contribution in [2.45, 2.75) is 64.1 Å². The number of rotatable bonds is 20. The number of hydrogen-bond acceptors (Lipinski definition) is 13. The number of ether oxygens (including phenoxy) is 4. The molecule has 0 radical (unpaired) electrons. The van der Waals surface area contributed by atoms with E-state index in [0.29, 0.717) is 24.0 Å². The Bertz CT molecular complexity index is 1870. The topological polar surface area (TPSA) is 256 Å². The lowest BCUT2D eigenvalue weighted by atomic mass is 9.89. The van der Waals surface area contributed by atoms with Crippen LogP contribution in [0.2, 0.25) is 0 Å². The van der Waals surface area contributed by atoms with Gasteiger partial charge in [-0.15, -0.1) is 0 Å². The quantitative estimate of drug-likeness (QED) is 0.0490. The number of alkyl carbamates (subject to hydrolysis) is 1. The number of esters is 1. The predicted octanol–water partition coefficient (Wildman–Crippen LogP) is 3.68. The minimum absolute atomic E-state index is 0.0137. The summed E-state index contributed by atoms with van der Waals surface area (Å²) in [5.74, 6) is -7.77. The van der Waals surface area contributed by atoms with E-state index in [2.05, 4.69) is 16.0 Å². The van der Waals surface area contributed by atoms with E-state index in [1.807, 2.05) is 0 Å². The van der Waals surface area contributed by atoms with E-state index >= 15 is 0 Å². The van der Waals surface area contributed by atoms with E-state index in [-0.39, 0.29) is 60.2 Å². The minimum atomic E-state index is -1.84. The standard InChI is InChI=1S/C39H47N3O14/c1-39(2,3)56-38(52)42-26(34(46)40-17-6-7-18-55-29-10-8-9-28(44)31(29)37(51)54-5)20-22-11-14-24(15-12-22)41-32(33(45)36(49)50)25(35(47)48)19-23-13-16-27(43)30(21-23)53-4/h8-16,21,25-26,32,41,43-44H,6-7,17-20H2,1-5H3,(H,40,46)(H,42,52)(H,47,48)(H,49,50)/t25?,26-,32?/m0/s1. The molecule has 0 bridgehead atoms. The second kappa shape index (κ2) is 20.2. The Labute approximate surface area is 322 Å². The maximum atomic E-state index is 13.3. The number of methoxy groups -OCH3 is 2. The number of nitrogens with one attached hydrogen (secondary N) is 3. The number of aliphatic carboxylic acids is 2. The molecule has 0 aromatic heterocycles. The molecule has 0 aliphatic heterocycles. The molecule has 302 valence electrons. The number of phenolic OH excluding ortho intramolecular Hbond substituents is 2. The van der Waals surface area contributed by atoms with Gasteiger partial charge in [0.2, 0.25) is 5.91 Å². The Morgan fingerprint density at radius 3 is 2.09 bits per heavy atom. The smallest absolute Gasteiger partial charge is 0.408 e. The third kappa shape index (κ3) is 13.1. The number of carboxylic acids is 2. The summed E-state index contributed by atoms with van der Waals surface area (Å²) in [4.78, 5) is 75.0. The summed E-state index contributed by atoms with van der Waals surface area (Å²) in [7, 11) is 2.49. The summed E-state index contributed by atoms with van der Waals surface area (Å²) >= 11 is 0. The number of amides is 2. The van der Waals surface area contributed by atoms with Crippen LogP contribution in [0.5, 0.6) is 23.0 Å². The third-order valence-electron chi connectivity index (χ3n) is 8.16. The summed E-state index contributed by atoms with van der Waals surface area (Å²) in [6.45, 7) is 5.35. The average Bonchev–Trinajstić information content (AvgIpc) is 3.13. The van der Waals surface area contributed by atoms with Crippen molar-refractivity contribution in [2.75, 3.05) is 32.7 Å². The Morgan fingerprint density at radius 1 is 0.804 bits per heavy atom. The zero-order chi connectivity index (χ0) is 41.6. The largest absolute Gasteiger partial charge is 0.507 e. The van der Waals surface area contributed by atoms with Gasteiger partial charge in [0.1, 0.15) is 34.7 Å². The molecular weight excluding hydrogens is 734 g/mol. The molecule has 17 nitrogen and oxygen atoms in total. The van der Waals surface area contributed by atoms with Crippen LogP contribution in [0, 0.1) is 5.92 Å². The normalized spacial score (nSPS) is 12.6. The molecule has 0 heterocycles. The lowest BCUT2D eigenvalue weighted by molar-refractivity contribution is -0.152. The molecule has 2 unspecified atom stereocenters. The second-order valence-electron chi connectivity index (χ2n) is 13.5. The minimum Gasteiger partial charge on any atom is -0.507 e. The summed E-state index contributed by atoms with van der Waals surface area (Å²) in [6, 6.07) is 11.7. The number of anilines is 1. The van der Waals surface area contributed by atoms with Gasteiger partial charge in [-0.2, -0.15) is 0 Å². The molecule has 3 aromatic carbocycles. The Kier molecular flexibility index (Phi) is 15.9. The van der Waals surface area contributed by atoms with Gasteiger partial charge in [0, 0.05) is 18.7 Å². The fraction of sp³-hybridized carbons (Fsp3) is 0.385. The Morgan fingerprint density at radius 2 is 1.48 bits per heavy atom. The highest BCUT2D eigenvalue weighted by molar-refractivity contribution is 6.35. The molecule has 17 heteroatoms. The van der Waals surface area contributed by atoms with Crippen molar-refractivity contribution in [3.05, 3.63) is 77.4 Å². The van der Waals surface area contributed by atoms with E-state index < -0.39 is 59.3 Å². The summed E-state index contributed by atoms with van der Waals surface area (Å²) in [5, 5.41) is 47.6. The second-order valence-corrected chi connectivity index (χ2v) is 13.5. The van der Waals surface area contributed by atoms with Crippen LogP contribution < -0.4 is 25.4 Å². The number of unbranched alkanes of at least 4 members (excludes halogenated alkanes) is 1. The SMILES string of the molecule is COC(=O)c1c(O)cccc1OCCCCNC(=O)[C@H](Cc1ccc(NC(C(=O)C(=O)O)C(Cc2ccc(O)c(OC)c2)C(=O)O)cc1)NC(=O)OC(C)(C)C. The molecule has 0 spiro atoms. The van der Waals surface area contributed by atoms with E-state index in [9.17, 15) is 49.2 Å². The van der Waals surface area contributed by atoms with Crippen molar-refractivity contribution in [1.82, 2.24) is 10.6 Å². The van der Waals surface area contributed by atoms with Crippen LogP contribution in [0.15, 0.2) is 60.7 Å². The molecule has 2 amide bonds. The lowest BCUT2D eigenvalue weighted by Gasteiger charge is -2.25. The first-order valence-corrected chi connectivity index (χ1v) is 17.5. The molecule has 3 aromatic rings. The van der Waals surface area contributed by atoms with Crippen molar-refractivity contribution in [3.63, 3.8) is 0 Å². The number of Topliss-reactive ketones (excluding diaryl/α,β-unsaturated/α-hetero) is 1. The number of benzene rings is 3. The van der Waals surface area contributed by atoms with Gasteiger partial charge in [-0.05, 0) is 87.6 Å². The van der Waals surface area contributed by atoms with Crippen LogP contribution in [0.1, 0.15) is 55.1 Å².